The third-order valence-corrected chi connectivity index (χ3v) is 8.42. The first-order valence-electron chi connectivity index (χ1n) is 14.1. The number of carbonyl (C=O) groups excluding carboxylic acids is 2. The van der Waals surface area contributed by atoms with Crippen molar-refractivity contribution >= 4 is 44.8 Å². The average molecular weight is 585 g/mol. The molecule has 0 bridgehead atoms. The zero-order valence-corrected chi connectivity index (χ0v) is 25.5. The number of amides is 2. The zero-order valence-electron chi connectivity index (χ0n) is 23.9. The van der Waals surface area contributed by atoms with Crippen LogP contribution in [0.2, 0.25) is 5.02 Å². The fourth-order valence-electron chi connectivity index (χ4n) is 5.00. The second-order valence-electron chi connectivity index (χ2n) is 11.3. The lowest BCUT2D eigenvalue weighted by Crippen LogP contribution is -2.50. The van der Waals surface area contributed by atoms with Crippen LogP contribution in [0.5, 0.6) is 5.75 Å². The molecule has 3 aromatic rings. The number of nitrogens with one attached hydrogen (secondary N) is 2. The van der Waals surface area contributed by atoms with Crippen LogP contribution in [0.15, 0.2) is 48.5 Å². The van der Waals surface area contributed by atoms with Gasteiger partial charge in [-0.2, -0.15) is 0 Å². The predicted molar refractivity (Wildman–Crippen MR) is 164 cm³/mol. The number of fused-ring (bicyclic) bond motifs is 1. The van der Waals surface area contributed by atoms with Crippen molar-refractivity contribution < 1.29 is 14.3 Å². The molecule has 9 heteroatoms. The Morgan fingerprint density at radius 2 is 1.98 bits per heavy atom. The molecule has 7 nitrogen and oxygen atoms in total. The molecular weight excluding hydrogens is 544 g/mol. The minimum Gasteiger partial charge on any atom is -0.492 e. The number of likely N-dealkylation sites (tertiary alicyclic amines) is 1. The molecule has 2 aromatic carbocycles. The highest BCUT2D eigenvalue weighted by molar-refractivity contribution is 7.20. The first kappa shape index (κ1) is 30.3. The number of halogens is 1. The quantitative estimate of drug-likeness (QED) is 0.262. The van der Waals surface area contributed by atoms with Crippen molar-refractivity contribution in [1.29, 1.82) is 0 Å². The second kappa shape index (κ2) is 14.3. The van der Waals surface area contributed by atoms with Crippen molar-refractivity contribution in [2.24, 2.45) is 5.92 Å². The van der Waals surface area contributed by atoms with E-state index in [4.69, 9.17) is 16.3 Å². The summed E-state index contributed by atoms with van der Waals surface area (Å²) in [7, 11) is 4.09. The van der Waals surface area contributed by atoms with Gasteiger partial charge in [-0.25, -0.2) is 0 Å². The van der Waals surface area contributed by atoms with E-state index in [0.717, 1.165) is 54.7 Å². The second-order valence-corrected chi connectivity index (χ2v) is 12.8. The van der Waals surface area contributed by atoms with Crippen molar-refractivity contribution in [2.45, 2.75) is 51.7 Å². The van der Waals surface area contributed by atoms with Crippen molar-refractivity contribution in [2.75, 3.05) is 40.3 Å². The Kier molecular flexibility index (Phi) is 10.8. The molecule has 2 atom stereocenters. The normalized spacial score (nSPS) is 16.5. The van der Waals surface area contributed by atoms with Crippen molar-refractivity contribution in [3.05, 3.63) is 64.0 Å². The molecule has 0 aliphatic carbocycles. The number of carbonyl (C=O) groups is 2. The minimum absolute atomic E-state index is 0.0400. The summed E-state index contributed by atoms with van der Waals surface area (Å²) in [5.74, 6) is 0.665. The van der Waals surface area contributed by atoms with E-state index in [1.165, 1.54) is 11.3 Å². The monoisotopic (exact) mass is 584 g/mol. The van der Waals surface area contributed by atoms with Crippen LogP contribution >= 0.6 is 22.9 Å². The Labute approximate surface area is 246 Å². The molecule has 216 valence electrons. The molecule has 1 saturated heterocycles. The third kappa shape index (κ3) is 8.67. The molecule has 1 aliphatic heterocycles. The van der Waals surface area contributed by atoms with E-state index >= 15 is 0 Å². The summed E-state index contributed by atoms with van der Waals surface area (Å²) in [5.41, 5.74) is 1.12. The average Bonchev–Trinajstić information content (AvgIpc) is 3.53. The molecule has 0 saturated carbocycles. The number of nitrogens with zero attached hydrogens (tertiary/aromatic N) is 2. The van der Waals surface area contributed by atoms with Gasteiger partial charge in [-0.1, -0.05) is 49.7 Å². The van der Waals surface area contributed by atoms with Crippen LogP contribution in [-0.4, -0.2) is 74.0 Å². The van der Waals surface area contributed by atoms with E-state index in [1.54, 1.807) is 0 Å². The summed E-state index contributed by atoms with van der Waals surface area (Å²) in [6.07, 6.45) is 2.39. The van der Waals surface area contributed by atoms with Crippen LogP contribution in [-0.2, 0) is 11.3 Å². The van der Waals surface area contributed by atoms with E-state index in [1.807, 2.05) is 56.6 Å². The molecule has 1 aromatic heterocycles. The molecule has 1 fully saturated rings. The van der Waals surface area contributed by atoms with Gasteiger partial charge in [0.2, 0.25) is 5.91 Å². The summed E-state index contributed by atoms with van der Waals surface area (Å²) in [5, 5.41) is 7.86. The molecule has 0 unspecified atom stereocenters. The summed E-state index contributed by atoms with van der Waals surface area (Å²) in [4.78, 5) is 31.4. The van der Waals surface area contributed by atoms with Gasteiger partial charge in [0.25, 0.3) is 5.91 Å². The Morgan fingerprint density at radius 1 is 1.18 bits per heavy atom. The Balaban J connectivity index is 1.28. The fourth-order valence-corrected chi connectivity index (χ4v) is 6.23. The topological polar surface area (TPSA) is 73.9 Å². The van der Waals surface area contributed by atoms with Crippen molar-refractivity contribution in [3.63, 3.8) is 0 Å². The molecule has 1 aliphatic rings. The first-order valence-corrected chi connectivity index (χ1v) is 15.3. The van der Waals surface area contributed by atoms with Gasteiger partial charge in [0, 0.05) is 36.9 Å². The number of benzene rings is 2. The van der Waals surface area contributed by atoms with Gasteiger partial charge < -0.3 is 20.3 Å². The third-order valence-electron chi connectivity index (χ3n) is 7.01. The largest absolute Gasteiger partial charge is 0.492 e. The lowest BCUT2D eigenvalue weighted by molar-refractivity contribution is -0.124. The van der Waals surface area contributed by atoms with Gasteiger partial charge in [-0.05, 0) is 74.5 Å². The SMILES string of the molecule is CC(C)C[C@H](NC(=O)c1cc2ccccc2s1)C(=O)N[C@H]1CCN(Cc2ccc(OCCCN(C)C)c(Cl)c2)C1. The van der Waals surface area contributed by atoms with Crippen LogP contribution in [0.3, 0.4) is 0 Å². The molecule has 2 N–H and O–H groups in total. The van der Waals surface area contributed by atoms with Gasteiger partial charge >= 0.3 is 0 Å². The van der Waals surface area contributed by atoms with E-state index in [-0.39, 0.29) is 23.8 Å². The Hall–Kier alpha value is -2.65. The lowest BCUT2D eigenvalue weighted by atomic mass is 10.0. The van der Waals surface area contributed by atoms with Crippen LogP contribution in [0.1, 0.15) is 48.3 Å². The summed E-state index contributed by atoms with van der Waals surface area (Å²) >= 11 is 7.94. The molecule has 4 rings (SSSR count). The van der Waals surface area contributed by atoms with Gasteiger partial charge in [-0.15, -0.1) is 11.3 Å². The molecular formula is C31H41ClN4O3S. The van der Waals surface area contributed by atoms with Gasteiger partial charge in [0.1, 0.15) is 11.8 Å². The lowest BCUT2D eigenvalue weighted by Gasteiger charge is -2.23. The van der Waals surface area contributed by atoms with E-state index in [2.05, 4.69) is 40.3 Å². The van der Waals surface area contributed by atoms with Crippen molar-refractivity contribution in [3.8, 4) is 5.75 Å². The highest BCUT2D eigenvalue weighted by Crippen LogP contribution is 2.27. The summed E-state index contributed by atoms with van der Waals surface area (Å²) in [6.45, 7) is 8.12. The number of rotatable bonds is 13. The van der Waals surface area contributed by atoms with Crippen LogP contribution in [0.25, 0.3) is 10.1 Å². The van der Waals surface area contributed by atoms with Crippen molar-refractivity contribution in [1.82, 2.24) is 20.4 Å². The number of hydrogen-bond acceptors (Lipinski definition) is 6. The fraction of sp³-hybridized carbons (Fsp3) is 0.484. The number of hydrogen-bond donors (Lipinski definition) is 2. The maximum atomic E-state index is 13.3. The minimum atomic E-state index is -0.573. The molecule has 0 spiro atoms. The summed E-state index contributed by atoms with van der Waals surface area (Å²) in [6, 6.07) is 15.3. The van der Waals surface area contributed by atoms with E-state index in [9.17, 15) is 9.59 Å². The zero-order chi connectivity index (χ0) is 28.6. The highest BCUT2D eigenvalue weighted by atomic mass is 35.5. The Bertz CT molecular complexity index is 1260. The standard InChI is InChI=1S/C31H41ClN4O3S/c1-21(2)16-26(34-31(38)29-18-23-8-5-6-9-28(23)40-29)30(37)33-24-12-14-36(20-24)19-22-10-11-27(25(32)17-22)39-15-7-13-35(3)4/h5-6,8-11,17-18,21,24,26H,7,12-16,19-20H2,1-4H3,(H,33,37)(H,34,38)/t24-,26-/m0/s1. The van der Waals surface area contributed by atoms with Crippen LogP contribution in [0.4, 0.5) is 0 Å². The van der Waals surface area contributed by atoms with E-state index in [0.29, 0.717) is 28.7 Å². The predicted octanol–water partition coefficient (Wildman–Crippen LogP) is 5.42. The maximum Gasteiger partial charge on any atom is 0.262 e. The molecule has 0 radical (unpaired) electrons. The number of thiophene rings is 1. The summed E-state index contributed by atoms with van der Waals surface area (Å²) < 4.78 is 6.91. The van der Waals surface area contributed by atoms with Gasteiger partial charge in [0.15, 0.2) is 0 Å². The van der Waals surface area contributed by atoms with Crippen LogP contribution in [0, 0.1) is 5.92 Å². The molecule has 2 amide bonds. The molecule has 40 heavy (non-hydrogen) atoms. The smallest absolute Gasteiger partial charge is 0.262 e. The van der Waals surface area contributed by atoms with Crippen LogP contribution < -0.4 is 15.4 Å². The molecule has 2 heterocycles. The first-order chi connectivity index (χ1) is 19.2. The van der Waals surface area contributed by atoms with Gasteiger partial charge in [-0.3, -0.25) is 14.5 Å². The van der Waals surface area contributed by atoms with Gasteiger partial charge in [0.05, 0.1) is 16.5 Å². The maximum absolute atomic E-state index is 13.3. The number of ether oxygens (including phenoxy) is 1. The Morgan fingerprint density at radius 3 is 2.70 bits per heavy atom. The highest BCUT2D eigenvalue weighted by Gasteiger charge is 2.29. The van der Waals surface area contributed by atoms with E-state index < -0.39 is 6.04 Å².